The zero-order valence-electron chi connectivity index (χ0n) is 9.15. The van der Waals surface area contributed by atoms with E-state index in [0.717, 1.165) is 10.4 Å². The van der Waals surface area contributed by atoms with Crippen LogP contribution in [0.2, 0.25) is 0 Å². The second kappa shape index (κ2) is 4.66. The first kappa shape index (κ1) is 11.8. The van der Waals surface area contributed by atoms with Crippen LogP contribution in [0.5, 0.6) is 0 Å². The number of rotatable bonds is 4. The molecule has 0 atom stereocenters. The lowest BCUT2D eigenvalue weighted by atomic mass is 10.2. The van der Waals surface area contributed by atoms with Gasteiger partial charge in [-0.15, -0.1) is 10.2 Å². The Labute approximate surface area is 101 Å². The van der Waals surface area contributed by atoms with Gasteiger partial charge < -0.3 is 10.2 Å². The van der Waals surface area contributed by atoms with Crippen molar-refractivity contribution < 1.29 is 19.8 Å². The molecule has 18 heavy (non-hydrogen) atoms. The van der Waals surface area contributed by atoms with Crippen LogP contribution in [0, 0.1) is 0 Å². The van der Waals surface area contributed by atoms with Crippen LogP contribution in [-0.4, -0.2) is 37.1 Å². The van der Waals surface area contributed by atoms with Gasteiger partial charge in [-0.1, -0.05) is 30.3 Å². The second-order valence-corrected chi connectivity index (χ2v) is 3.52. The zero-order valence-corrected chi connectivity index (χ0v) is 9.15. The average molecular weight is 247 g/mol. The maximum Gasteiger partial charge on any atom is 0.359 e. The van der Waals surface area contributed by atoms with Gasteiger partial charge in [0.15, 0.2) is 0 Å². The predicted octanol–water partition coefficient (Wildman–Crippen LogP) is 0.723. The van der Waals surface area contributed by atoms with E-state index in [-0.39, 0.29) is 6.54 Å². The van der Waals surface area contributed by atoms with E-state index in [1.165, 1.54) is 0 Å². The molecule has 0 bridgehead atoms. The number of hydrogen-bond donors (Lipinski definition) is 2. The van der Waals surface area contributed by atoms with E-state index in [1.807, 2.05) is 30.3 Å². The fourth-order valence-corrected chi connectivity index (χ4v) is 1.45. The van der Waals surface area contributed by atoms with Crippen molar-refractivity contribution in [2.75, 3.05) is 0 Å². The number of benzene rings is 1. The van der Waals surface area contributed by atoms with E-state index in [0.29, 0.717) is 0 Å². The highest BCUT2D eigenvalue weighted by Gasteiger charge is 2.23. The molecule has 92 valence electrons. The molecular weight excluding hydrogens is 238 g/mol. The standard InChI is InChI=1S/C11H9N3O4/c15-10(16)8-9(11(17)18)13-14(12-8)6-7-4-2-1-3-5-7/h1-5H,6H2,(H,15,16)(H,17,18). The number of hydrogen-bond acceptors (Lipinski definition) is 4. The lowest BCUT2D eigenvalue weighted by molar-refractivity contribution is 0.0644. The average Bonchev–Trinajstić information content (AvgIpc) is 2.74. The van der Waals surface area contributed by atoms with Gasteiger partial charge in [0.2, 0.25) is 11.4 Å². The molecular formula is C11H9N3O4. The molecule has 7 nitrogen and oxygen atoms in total. The molecule has 1 aromatic heterocycles. The van der Waals surface area contributed by atoms with Gasteiger partial charge in [-0.2, -0.15) is 4.80 Å². The van der Waals surface area contributed by atoms with Gasteiger partial charge >= 0.3 is 11.9 Å². The van der Waals surface area contributed by atoms with E-state index < -0.39 is 23.3 Å². The van der Waals surface area contributed by atoms with Crippen molar-refractivity contribution in [3.05, 3.63) is 47.3 Å². The molecule has 2 rings (SSSR count). The molecule has 0 fully saturated rings. The summed E-state index contributed by atoms with van der Waals surface area (Å²) in [5.74, 6) is -2.82. The molecule has 2 aromatic rings. The fourth-order valence-electron chi connectivity index (χ4n) is 1.45. The van der Waals surface area contributed by atoms with Crippen LogP contribution < -0.4 is 0 Å². The summed E-state index contributed by atoms with van der Waals surface area (Å²) in [6.45, 7) is 0.217. The van der Waals surface area contributed by atoms with Crippen LogP contribution in [0.3, 0.4) is 0 Å². The Kier molecular flexibility index (Phi) is 3.05. The highest BCUT2D eigenvalue weighted by molar-refractivity contribution is 5.98. The van der Waals surface area contributed by atoms with Crippen molar-refractivity contribution in [2.24, 2.45) is 0 Å². The molecule has 0 radical (unpaired) electrons. The first-order valence-corrected chi connectivity index (χ1v) is 5.03. The largest absolute Gasteiger partial charge is 0.476 e. The monoisotopic (exact) mass is 247 g/mol. The lowest BCUT2D eigenvalue weighted by Gasteiger charge is -1.98. The first-order valence-electron chi connectivity index (χ1n) is 5.03. The second-order valence-electron chi connectivity index (χ2n) is 3.52. The maximum absolute atomic E-state index is 10.8. The molecule has 7 heteroatoms. The topological polar surface area (TPSA) is 105 Å². The van der Waals surface area contributed by atoms with Crippen LogP contribution >= 0.6 is 0 Å². The number of carboxylic acid groups (broad SMARTS) is 2. The Morgan fingerprint density at radius 2 is 1.50 bits per heavy atom. The van der Waals surface area contributed by atoms with Crippen molar-refractivity contribution in [2.45, 2.75) is 6.54 Å². The fraction of sp³-hybridized carbons (Fsp3) is 0.0909. The first-order chi connectivity index (χ1) is 8.58. The van der Waals surface area contributed by atoms with Gasteiger partial charge in [-0.3, -0.25) is 0 Å². The van der Waals surface area contributed by atoms with Crippen molar-refractivity contribution in [1.82, 2.24) is 15.0 Å². The van der Waals surface area contributed by atoms with Crippen molar-refractivity contribution in [3.8, 4) is 0 Å². The third-order valence-electron chi connectivity index (χ3n) is 2.23. The Hall–Kier alpha value is -2.70. The molecule has 0 spiro atoms. The van der Waals surface area contributed by atoms with Crippen LogP contribution in [0.1, 0.15) is 26.5 Å². The van der Waals surface area contributed by atoms with Gasteiger partial charge in [0.1, 0.15) is 0 Å². The number of carbonyl (C=O) groups is 2. The summed E-state index contributed by atoms with van der Waals surface area (Å²) in [5.41, 5.74) is -0.266. The molecule has 1 aromatic carbocycles. The highest BCUT2D eigenvalue weighted by Crippen LogP contribution is 2.06. The summed E-state index contributed by atoms with van der Waals surface area (Å²) in [5, 5.41) is 24.9. The minimum absolute atomic E-state index is 0.217. The minimum atomic E-state index is -1.41. The number of aromatic carboxylic acids is 2. The van der Waals surface area contributed by atoms with Crippen LogP contribution in [0.4, 0.5) is 0 Å². The third-order valence-corrected chi connectivity index (χ3v) is 2.23. The summed E-state index contributed by atoms with van der Waals surface area (Å²) in [6.07, 6.45) is 0. The summed E-state index contributed by atoms with van der Waals surface area (Å²) < 4.78 is 0. The Morgan fingerprint density at radius 1 is 1.00 bits per heavy atom. The number of nitrogens with zero attached hydrogens (tertiary/aromatic N) is 3. The SMILES string of the molecule is O=C(O)c1nn(Cc2ccccc2)nc1C(=O)O. The van der Waals surface area contributed by atoms with E-state index in [1.54, 1.807) is 0 Å². The summed E-state index contributed by atoms with van der Waals surface area (Å²) >= 11 is 0. The van der Waals surface area contributed by atoms with Crippen LogP contribution in [-0.2, 0) is 6.54 Å². The maximum atomic E-state index is 10.8. The quantitative estimate of drug-likeness (QED) is 0.824. The van der Waals surface area contributed by atoms with Crippen molar-refractivity contribution in [1.29, 1.82) is 0 Å². The minimum Gasteiger partial charge on any atom is -0.476 e. The predicted molar refractivity (Wildman–Crippen MR) is 59.5 cm³/mol. The third kappa shape index (κ3) is 2.34. The molecule has 1 heterocycles. The zero-order chi connectivity index (χ0) is 13.1. The van der Waals surface area contributed by atoms with E-state index in [2.05, 4.69) is 10.2 Å². The van der Waals surface area contributed by atoms with Crippen molar-refractivity contribution in [3.63, 3.8) is 0 Å². The molecule has 0 aliphatic rings. The summed E-state index contributed by atoms with van der Waals surface area (Å²) in [6, 6.07) is 9.09. The molecule has 0 aliphatic heterocycles. The molecule has 0 amide bonds. The number of carboxylic acids is 2. The lowest BCUT2D eigenvalue weighted by Crippen LogP contribution is -2.07. The Balaban J connectivity index is 2.33. The Morgan fingerprint density at radius 3 is 1.94 bits per heavy atom. The van der Waals surface area contributed by atoms with Crippen LogP contribution in [0.25, 0.3) is 0 Å². The van der Waals surface area contributed by atoms with Gasteiger partial charge in [0, 0.05) is 0 Å². The van der Waals surface area contributed by atoms with E-state index in [9.17, 15) is 9.59 Å². The van der Waals surface area contributed by atoms with E-state index in [4.69, 9.17) is 10.2 Å². The van der Waals surface area contributed by atoms with Crippen LogP contribution in [0.15, 0.2) is 30.3 Å². The normalized spacial score (nSPS) is 10.2. The van der Waals surface area contributed by atoms with Gasteiger partial charge in [-0.05, 0) is 5.56 Å². The van der Waals surface area contributed by atoms with Crippen molar-refractivity contribution >= 4 is 11.9 Å². The molecule has 0 saturated heterocycles. The number of aromatic nitrogens is 3. The smallest absolute Gasteiger partial charge is 0.359 e. The van der Waals surface area contributed by atoms with Gasteiger partial charge in [-0.25, -0.2) is 9.59 Å². The molecule has 0 saturated carbocycles. The molecule has 2 N–H and O–H groups in total. The highest BCUT2D eigenvalue weighted by atomic mass is 16.4. The summed E-state index contributed by atoms with van der Waals surface area (Å²) in [4.78, 5) is 22.7. The Bertz CT molecular complexity index is 560. The molecule has 0 unspecified atom stereocenters. The van der Waals surface area contributed by atoms with Gasteiger partial charge in [0.25, 0.3) is 0 Å². The molecule has 0 aliphatic carbocycles. The summed E-state index contributed by atoms with van der Waals surface area (Å²) in [7, 11) is 0. The van der Waals surface area contributed by atoms with E-state index >= 15 is 0 Å². The van der Waals surface area contributed by atoms with Gasteiger partial charge in [0.05, 0.1) is 6.54 Å².